The van der Waals surface area contributed by atoms with Crippen LogP contribution in [0.5, 0.6) is 0 Å². The quantitative estimate of drug-likeness (QED) is 0.894. The van der Waals surface area contributed by atoms with E-state index in [0.29, 0.717) is 6.54 Å². The van der Waals surface area contributed by atoms with Crippen LogP contribution in [0, 0.1) is 6.92 Å². The number of nitrogens with two attached hydrogens (primary N) is 1. The fourth-order valence-electron chi connectivity index (χ4n) is 2.66. The van der Waals surface area contributed by atoms with Gasteiger partial charge in [0.05, 0.1) is 5.69 Å². The first-order chi connectivity index (χ1) is 9.17. The van der Waals surface area contributed by atoms with Crippen LogP contribution in [0.15, 0.2) is 30.3 Å². The second kappa shape index (κ2) is 5.85. The Morgan fingerprint density at radius 1 is 1.16 bits per heavy atom. The van der Waals surface area contributed by atoms with Crippen molar-refractivity contribution in [2.45, 2.75) is 45.6 Å². The largest absolute Gasteiger partial charge is 0.326 e. The van der Waals surface area contributed by atoms with E-state index in [1.807, 2.05) is 0 Å². The van der Waals surface area contributed by atoms with Gasteiger partial charge < -0.3 is 5.73 Å². The summed E-state index contributed by atoms with van der Waals surface area (Å²) in [6, 6.07) is 10.7. The van der Waals surface area contributed by atoms with E-state index >= 15 is 0 Å². The number of nitrogens with zero attached hydrogens (tertiary/aromatic N) is 1. The van der Waals surface area contributed by atoms with Gasteiger partial charge in [0, 0.05) is 16.8 Å². The summed E-state index contributed by atoms with van der Waals surface area (Å²) in [5.74, 6) is 0. The van der Waals surface area contributed by atoms with Gasteiger partial charge in [-0.15, -0.1) is 11.3 Å². The normalized spacial score (nSPS) is 11.8. The predicted molar refractivity (Wildman–Crippen MR) is 82.5 cm³/mol. The Labute approximate surface area is 119 Å². The van der Waals surface area contributed by atoms with Gasteiger partial charge in [-0.05, 0) is 25.3 Å². The SMILES string of the molecule is CCC(CC)(c1ccccc1)c1nc(C)c(CN)s1. The lowest BCUT2D eigenvalue weighted by molar-refractivity contribution is 0.475. The average molecular weight is 274 g/mol. The van der Waals surface area contributed by atoms with Crippen LogP contribution >= 0.6 is 11.3 Å². The summed E-state index contributed by atoms with van der Waals surface area (Å²) >= 11 is 1.77. The van der Waals surface area contributed by atoms with Gasteiger partial charge in [-0.25, -0.2) is 4.98 Å². The lowest BCUT2D eigenvalue weighted by atomic mass is 9.76. The molecule has 0 aliphatic heterocycles. The van der Waals surface area contributed by atoms with Crippen LogP contribution in [0.3, 0.4) is 0 Å². The first-order valence-corrected chi connectivity index (χ1v) is 7.72. The van der Waals surface area contributed by atoms with E-state index in [4.69, 9.17) is 10.7 Å². The zero-order chi connectivity index (χ0) is 13.9. The van der Waals surface area contributed by atoms with Gasteiger partial charge in [-0.2, -0.15) is 0 Å². The molecule has 0 saturated carbocycles. The van der Waals surface area contributed by atoms with Gasteiger partial charge in [0.25, 0.3) is 0 Å². The van der Waals surface area contributed by atoms with Crippen LogP contribution in [-0.4, -0.2) is 4.98 Å². The van der Waals surface area contributed by atoms with Crippen molar-refractivity contribution in [3.8, 4) is 0 Å². The number of thiazole rings is 1. The molecule has 0 unspecified atom stereocenters. The minimum Gasteiger partial charge on any atom is -0.326 e. The highest BCUT2D eigenvalue weighted by Crippen LogP contribution is 2.41. The zero-order valence-electron chi connectivity index (χ0n) is 11.9. The second-order valence-electron chi connectivity index (χ2n) is 4.89. The van der Waals surface area contributed by atoms with Gasteiger partial charge in [0.2, 0.25) is 0 Å². The van der Waals surface area contributed by atoms with Crippen LogP contribution in [-0.2, 0) is 12.0 Å². The van der Waals surface area contributed by atoms with Crippen LogP contribution in [0.1, 0.15) is 47.8 Å². The van der Waals surface area contributed by atoms with Crippen molar-refractivity contribution in [1.29, 1.82) is 0 Å². The Morgan fingerprint density at radius 3 is 2.26 bits per heavy atom. The number of aromatic nitrogens is 1. The molecule has 0 radical (unpaired) electrons. The Morgan fingerprint density at radius 2 is 1.79 bits per heavy atom. The van der Waals surface area contributed by atoms with E-state index in [1.165, 1.54) is 15.4 Å². The van der Waals surface area contributed by atoms with Crippen molar-refractivity contribution in [2.24, 2.45) is 5.73 Å². The summed E-state index contributed by atoms with van der Waals surface area (Å²) in [7, 11) is 0. The molecule has 2 N–H and O–H groups in total. The maximum Gasteiger partial charge on any atom is 0.104 e. The van der Waals surface area contributed by atoms with Gasteiger partial charge in [-0.1, -0.05) is 44.2 Å². The number of hydrogen-bond donors (Lipinski definition) is 1. The molecular formula is C16H22N2S. The molecule has 2 rings (SSSR count). The number of benzene rings is 1. The topological polar surface area (TPSA) is 38.9 Å². The summed E-state index contributed by atoms with van der Waals surface area (Å²) in [5.41, 5.74) is 8.28. The van der Waals surface area contributed by atoms with Crippen LogP contribution < -0.4 is 5.73 Å². The van der Waals surface area contributed by atoms with Crippen molar-refractivity contribution in [1.82, 2.24) is 4.98 Å². The minimum absolute atomic E-state index is 0.0319. The van der Waals surface area contributed by atoms with Crippen molar-refractivity contribution >= 4 is 11.3 Å². The first kappa shape index (κ1) is 14.2. The molecule has 1 aromatic carbocycles. The molecule has 0 aliphatic rings. The van der Waals surface area contributed by atoms with Gasteiger partial charge in [0.15, 0.2) is 0 Å². The van der Waals surface area contributed by atoms with E-state index in [1.54, 1.807) is 11.3 Å². The third-order valence-electron chi connectivity index (χ3n) is 4.02. The van der Waals surface area contributed by atoms with Crippen LogP contribution in [0.2, 0.25) is 0 Å². The van der Waals surface area contributed by atoms with Crippen molar-refractivity contribution in [3.05, 3.63) is 51.5 Å². The molecule has 0 atom stereocenters. The lowest BCUT2D eigenvalue weighted by Crippen LogP contribution is -2.25. The Bertz CT molecular complexity index is 527. The fraction of sp³-hybridized carbons (Fsp3) is 0.438. The van der Waals surface area contributed by atoms with E-state index in [9.17, 15) is 0 Å². The smallest absolute Gasteiger partial charge is 0.104 e. The van der Waals surface area contributed by atoms with Gasteiger partial charge in [0.1, 0.15) is 5.01 Å². The number of aryl methyl sites for hydroxylation is 1. The Kier molecular flexibility index (Phi) is 4.38. The lowest BCUT2D eigenvalue weighted by Gasteiger charge is -2.30. The highest BCUT2D eigenvalue weighted by molar-refractivity contribution is 7.12. The highest BCUT2D eigenvalue weighted by Gasteiger charge is 2.34. The molecule has 0 amide bonds. The standard InChI is InChI=1S/C16H22N2S/c1-4-16(5-2,13-9-7-6-8-10-13)15-18-12(3)14(11-17)19-15/h6-10H,4-5,11,17H2,1-3H3. The highest BCUT2D eigenvalue weighted by atomic mass is 32.1. The molecule has 0 spiro atoms. The van der Waals surface area contributed by atoms with Gasteiger partial charge in [-0.3, -0.25) is 0 Å². The van der Waals surface area contributed by atoms with Crippen LogP contribution in [0.25, 0.3) is 0 Å². The molecular weight excluding hydrogens is 252 g/mol. The third kappa shape index (κ3) is 2.45. The molecule has 3 heteroatoms. The fourth-order valence-corrected chi connectivity index (χ4v) is 3.96. The Hall–Kier alpha value is -1.19. The maximum atomic E-state index is 5.80. The molecule has 0 saturated heterocycles. The van der Waals surface area contributed by atoms with E-state index in [0.717, 1.165) is 18.5 Å². The van der Waals surface area contributed by atoms with Crippen molar-refractivity contribution < 1.29 is 0 Å². The molecule has 0 bridgehead atoms. The molecule has 19 heavy (non-hydrogen) atoms. The van der Waals surface area contributed by atoms with Crippen LogP contribution in [0.4, 0.5) is 0 Å². The van der Waals surface area contributed by atoms with Gasteiger partial charge >= 0.3 is 0 Å². The Balaban J connectivity index is 2.55. The minimum atomic E-state index is 0.0319. The molecule has 0 fully saturated rings. The first-order valence-electron chi connectivity index (χ1n) is 6.90. The summed E-state index contributed by atoms with van der Waals surface area (Å²) in [6.07, 6.45) is 2.12. The van der Waals surface area contributed by atoms with Crippen molar-refractivity contribution in [2.75, 3.05) is 0 Å². The van der Waals surface area contributed by atoms with Crippen molar-refractivity contribution in [3.63, 3.8) is 0 Å². The molecule has 0 aliphatic carbocycles. The molecule has 102 valence electrons. The van der Waals surface area contributed by atoms with E-state index < -0.39 is 0 Å². The average Bonchev–Trinajstić information content (AvgIpc) is 2.84. The second-order valence-corrected chi connectivity index (χ2v) is 5.97. The summed E-state index contributed by atoms with van der Waals surface area (Å²) in [4.78, 5) is 6.02. The van der Waals surface area contributed by atoms with E-state index in [-0.39, 0.29) is 5.41 Å². The van der Waals surface area contributed by atoms with E-state index in [2.05, 4.69) is 51.1 Å². The monoisotopic (exact) mass is 274 g/mol. The number of rotatable bonds is 5. The predicted octanol–water partition coefficient (Wildman–Crippen LogP) is 4.02. The summed E-state index contributed by atoms with van der Waals surface area (Å²) in [5, 5.41) is 1.21. The zero-order valence-corrected chi connectivity index (χ0v) is 12.8. The number of hydrogen-bond acceptors (Lipinski definition) is 3. The summed E-state index contributed by atoms with van der Waals surface area (Å²) < 4.78 is 0. The molecule has 2 nitrogen and oxygen atoms in total. The molecule has 1 aromatic heterocycles. The summed E-state index contributed by atoms with van der Waals surface area (Å²) in [6.45, 7) is 7.13. The third-order valence-corrected chi connectivity index (χ3v) is 5.40. The molecule has 1 heterocycles. The molecule has 2 aromatic rings. The maximum absolute atomic E-state index is 5.80.